The van der Waals surface area contributed by atoms with Gasteiger partial charge in [0.25, 0.3) is 5.91 Å². The van der Waals surface area contributed by atoms with E-state index in [9.17, 15) is 9.59 Å². The van der Waals surface area contributed by atoms with Gasteiger partial charge in [-0.1, -0.05) is 18.2 Å². The standard InChI is InChI=1S/C25H32N4O4/c1-16-5-6-18(13-17(16)2)20-15-21(27-26-20)25(31)29-11-9-28(10-12-29)24(30)19-7-8-22(32-3)23(14-19)33-4/h5-8,13-14,20-21,26-27H,9-12,15H2,1-4H3. The van der Waals surface area contributed by atoms with Crippen molar-refractivity contribution in [1.29, 1.82) is 0 Å². The molecule has 2 saturated heterocycles. The van der Waals surface area contributed by atoms with E-state index >= 15 is 0 Å². The van der Waals surface area contributed by atoms with Gasteiger partial charge in [-0.15, -0.1) is 0 Å². The number of amides is 2. The van der Waals surface area contributed by atoms with Gasteiger partial charge in [0.1, 0.15) is 6.04 Å². The van der Waals surface area contributed by atoms with Crippen LogP contribution in [0.25, 0.3) is 0 Å². The summed E-state index contributed by atoms with van der Waals surface area (Å²) in [4.78, 5) is 29.7. The molecule has 4 rings (SSSR count). The summed E-state index contributed by atoms with van der Waals surface area (Å²) in [6.07, 6.45) is 0.701. The molecule has 0 aromatic heterocycles. The zero-order chi connectivity index (χ0) is 23.5. The average Bonchev–Trinajstić information content (AvgIpc) is 3.35. The Morgan fingerprint density at radius 2 is 1.55 bits per heavy atom. The van der Waals surface area contributed by atoms with Crippen molar-refractivity contribution in [3.05, 3.63) is 58.7 Å². The van der Waals surface area contributed by atoms with Crippen molar-refractivity contribution in [3.8, 4) is 11.5 Å². The Bertz CT molecular complexity index is 1030. The molecule has 2 amide bonds. The summed E-state index contributed by atoms with van der Waals surface area (Å²) in [5.41, 5.74) is 10.7. The van der Waals surface area contributed by atoms with Crippen molar-refractivity contribution >= 4 is 11.8 Å². The van der Waals surface area contributed by atoms with Crippen molar-refractivity contribution in [2.24, 2.45) is 0 Å². The third-order valence-electron chi connectivity index (χ3n) is 6.64. The van der Waals surface area contributed by atoms with Crippen LogP contribution in [0.5, 0.6) is 11.5 Å². The number of aryl methyl sites for hydroxylation is 2. The number of nitrogens with one attached hydrogen (secondary N) is 2. The first-order valence-corrected chi connectivity index (χ1v) is 11.3. The molecule has 0 spiro atoms. The van der Waals surface area contributed by atoms with Crippen LogP contribution in [0, 0.1) is 13.8 Å². The molecule has 176 valence electrons. The highest BCUT2D eigenvalue weighted by Gasteiger charge is 2.35. The fraction of sp³-hybridized carbons (Fsp3) is 0.440. The van der Waals surface area contributed by atoms with E-state index in [0.717, 1.165) is 0 Å². The van der Waals surface area contributed by atoms with Crippen LogP contribution >= 0.6 is 0 Å². The maximum absolute atomic E-state index is 13.1. The van der Waals surface area contributed by atoms with Gasteiger partial charge in [-0.05, 0) is 55.2 Å². The molecule has 0 aliphatic carbocycles. The van der Waals surface area contributed by atoms with E-state index in [-0.39, 0.29) is 23.9 Å². The minimum absolute atomic E-state index is 0.0708. The molecule has 0 saturated carbocycles. The largest absolute Gasteiger partial charge is 0.493 e. The van der Waals surface area contributed by atoms with E-state index in [1.54, 1.807) is 37.3 Å². The molecule has 2 aromatic rings. The molecule has 2 fully saturated rings. The van der Waals surface area contributed by atoms with Gasteiger partial charge in [0.15, 0.2) is 11.5 Å². The van der Waals surface area contributed by atoms with Crippen LogP contribution in [0.15, 0.2) is 36.4 Å². The number of carbonyl (C=O) groups is 2. The number of piperazine rings is 1. The summed E-state index contributed by atoms with van der Waals surface area (Å²) < 4.78 is 10.6. The van der Waals surface area contributed by atoms with Crippen LogP contribution in [-0.4, -0.2) is 68.1 Å². The van der Waals surface area contributed by atoms with Gasteiger partial charge in [0.2, 0.25) is 5.91 Å². The molecule has 2 aliphatic rings. The monoisotopic (exact) mass is 452 g/mol. The Morgan fingerprint density at radius 1 is 0.848 bits per heavy atom. The third-order valence-corrected chi connectivity index (χ3v) is 6.64. The number of methoxy groups -OCH3 is 2. The molecule has 8 heteroatoms. The Kier molecular flexibility index (Phi) is 6.85. The van der Waals surface area contributed by atoms with E-state index < -0.39 is 0 Å². The van der Waals surface area contributed by atoms with E-state index in [2.05, 4.69) is 42.9 Å². The van der Waals surface area contributed by atoms with Gasteiger partial charge in [-0.25, -0.2) is 10.9 Å². The van der Waals surface area contributed by atoms with Gasteiger partial charge in [0.05, 0.1) is 14.2 Å². The molecular formula is C25H32N4O4. The summed E-state index contributed by atoms with van der Waals surface area (Å²) in [5.74, 6) is 1.11. The number of ether oxygens (including phenoxy) is 2. The van der Waals surface area contributed by atoms with Gasteiger partial charge in [0, 0.05) is 37.8 Å². The van der Waals surface area contributed by atoms with Crippen LogP contribution in [-0.2, 0) is 4.79 Å². The van der Waals surface area contributed by atoms with Gasteiger partial charge in [-0.2, -0.15) is 0 Å². The average molecular weight is 453 g/mol. The Hall–Kier alpha value is -3.10. The van der Waals surface area contributed by atoms with Crippen molar-refractivity contribution in [2.45, 2.75) is 32.4 Å². The predicted octanol–water partition coefficient (Wildman–Crippen LogP) is 2.21. The molecule has 0 bridgehead atoms. The molecule has 33 heavy (non-hydrogen) atoms. The lowest BCUT2D eigenvalue weighted by molar-refractivity contribution is -0.134. The Labute approximate surface area is 194 Å². The first kappa shape index (κ1) is 23.1. The third kappa shape index (κ3) is 4.82. The van der Waals surface area contributed by atoms with Gasteiger partial charge >= 0.3 is 0 Å². The fourth-order valence-electron chi connectivity index (χ4n) is 4.42. The number of hydrogen-bond donors (Lipinski definition) is 2. The minimum Gasteiger partial charge on any atom is -0.493 e. The predicted molar refractivity (Wildman–Crippen MR) is 125 cm³/mol. The summed E-state index contributed by atoms with van der Waals surface area (Å²) in [7, 11) is 3.11. The highest BCUT2D eigenvalue weighted by molar-refractivity contribution is 5.95. The van der Waals surface area contributed by atoms with E-state index in [1.165, 1.54) is 16.7 Å². The van der Waals surface area contributed by atoms with Crippen LogP contribution in [0.1, 0.15) is 39.5 Å². The minimum atomic E-state index is -0.273. The van der Waals surface area contributed by atoms with Crippen LogP contribution < -0.4 is 20.3 Å². The lowest BCUT2D eigenvalue weighted by Crippen LogP contribution is -2.54. The smallest absolute Gasteiger partial charge is 0.254 e. The summed E-state index contributed by atoms with van der Waals surface area (Å²) in [6, 6.07) is 11.4. The number of benzene rings is 2. The summed E-state index contributed by atoms with van der Waals surface area (Å²) >= 11 is 0. The molecule has 8 nitrogen and oxygen atoms in total. The fourth-order valence-corrected chi connectivity index (χ4v) is 4.42. The van der Waals surface area contributed by atoms with E-state index in [0.29, 0.717) is 49.7 Å². The second-order valence-electron chi connectivity index (χ2n) is 8.66. The number of hydrogen-bond acceptors (Lipinski definition) is 6. The zero-order valence-electron chi connectivity index (χ0n) is 19.7. The quantitative estimate of drug-likeness (QED) is 0.724. The van der Waals surface area contributed by atoms with Gasteiger partial charge in [-0.3, -0.25) is 9.59 Å². The maximum atomic E-state index is 13.1. The van der Waals surface area contributed by atoms with Crippen LogP contribution in [0.4, 0.5) is 0 Å². The molecular weight excluding hydrogens is 420 g/mol. The lowest BCUT2D eigenvalue weighted by Gasteiger charge is -2.36. The van der Waals surface area contributed by atoms with E-state index in [1.807, 2.05) is 4.90 Å². The van der Waals surface area contributed by atoms with Crippen LogP contribution in [0.3, 0.4) is 0 Å². The highest BCUT2D eigenvalue weighted by atomic mass is 16.5. The Morgan fingerprint density at radius 3 is 2.21 bits per heavy atom. The zero-order valence-corrected chi connectivity index (χ0v) is 19.7. The second kappa shape index (κ2) is 9.80. The number of carbonyl (C=O) groups excluding carboxylic acids is 2. The number of rotatable bonds is 5. The van der Waals surface area contributed by atoms with E-state index in [4.69, 9.17) is 9.47 Å². The van der Waals surface area contributed by atoms with Crippen molar-refractivity contribution in [2.75, 3.05) is 40.4 Å². The molecule has 2 N–H and O–H groups in total. The summed E-state index contributed by atoms with van der Waals surface area (Å²) in [6.45, 7) is 6.24. The summed E-state index contributed by atoms with van der Waals surface area (Å²) in [5, 5.41) is 0. The molecule has 0 radical (unpaired) electrons. The second-order valence-corrected chi connectivity index (χ2v) is 8.66. The Balaban J connectivity index is 1.33. The molecule has 2 aromatic carbocycles. The highest BCUT2D eigenvalue weighted by Crippen LogP contribution is 2.28. The topological polar surface area (TPSA) is 83.1 Å². The lowest BCUT2D eigenvalue weighted by atomic mass is 9.98. The molecule has 2 heterocycles. The first-order chi connectivity index (χ1) is 15.9. The van der Waals surface area contributed by atoms with Crippen molar-refractivity contribution in [3.63, 3.8) is 0 Å². The molecule has 2 aliphatic heterocycles. The number of hydrazine groups is 1. The molecule has 2 unspecified atom stereocenters. The van der Waals surface area contributed by atoms with Crippen LogP contribution in [0.2, 0.25) is 0 Å². The maximum Gasteiger partial charge on any atom is 0.254 e. The van der Waals surface area contributed by atoms with Crippen molar-refractivity contribution < 1.29 is 19.1 Å². The van der Waals surface area contributed by atoms with Crippen molar-refractivity contribution in [1.82, 2.24) is 20.7 Å². The SMILES string of the molecule is COc1ccc(C(=O)N2CCN(C(=O)C3CC(c4ccc(C)c(C)c4)NN3)CC2)cc1OC. The normalized spacial score (nSPS) is 20.6. The molecule has 2 atom stereocenters. The van der Waals surface area contributed by atoms with Gasteiger partial charge < -0.3 is 19.3 Å². The first-order valence-electron chi connectivity index (χ1n) is 11.3. The number of nitrogens with zero attached hydrogens (tertiary/aromatic N) is 2.